The van der Waals surface area contributed by atoms with Crippen LogP contribution in [0.2, 0.25) is 0 Å². The molecule has 1 aromatic heterocycles. The number of benzene rings is 1. The molecule has 0 amide bonds. The van der Waals surface area contributed by atoms with Crippen LogP contribution < -0.4 is 10.4 Å². The zero-order valence-electron chi connectivity index (χ0n) is 13.6. The van der Waals surface area contributed by atoms with Crippen LogP contribution in [-0.2, 0) is 11.2 Å². The van der Waals surface area contributed by atoms with Crippen molar-refractivity contribution in [1.82, 2.24) is 0 Å². The number of Topliss-reactive ketones (excluding diaryl/α,β-unsaturated/α-hetero) is 1. The summed E-state index contributed by atoms with van der Waals surface area (Å²) >= 11 is 0. The molecule has 0 aliphatic heterocycles. The van der Waals surface area contributed by atoms with Gasteiger partial charge in [0.15, 0.2) is 11.9 Å². The summed E-state index contributed by atoms with van der Waals surface area (Å²) in [5.41, 5.74) is 1.95. The van der Waals surface area contributed by atoms with Crippen molar-refractivity contribution in [3.63, 3.8) is 0 Å². The number of unbranched alkanes of at least 4 members (excludes halogenated alkanes) is 1. The Morgan fingerprint density at radius 2 is 2.09 bits per heavy atom. The summed E-state index contributed by atoms with van der Waals surface area (Å²) < 4.78 is 11.0. The molecule has 1 atom stereocenters. The van der Waals surface area contributed by atoms with E-state index in [-0.39, 0.29) is 11.4 Å². The third kappa shape index (κ3) is 3.38. The highest BCUT2D eigenvalue weighted by Crippen LogP contribution is 2.29. The third-order valence-electron chi connectivity index (χ3n) is 3.87. The molecule has 0 unspecified atom stereocenters. The Labute approximate surface area is 130 Å². The van der Waals surface area contributed by atoms with Crippen molar-refractivity contribution < 1.29 is 13.9 Å². The average molecular weight is 302 g/mol. The lowest BCUT2D eigenvalue weighted by atomic mass is 10.0. The van der Waals surface area contributed by atoms with Crippen LogP contribution in [0.1, 0.15) is 44.7 Å². The van der Waals surface area contributed by atoms with Crippen LogP contribution in [0.3, 0.4) is 0 Å². The van der Waals surface area contributed by atoms with E-state index < -0.39 is 6.10 Å². The number of ketones is 1. The highest BCUT2D eigenvalue weighted by molar-refractivity contribution is 5.85. The molecule has 2 rings (SSSR count). The lowest BCUT2D eigenvalue weighted by Gasteiger charge is -2.15. The zero-order valence-corrected chi connectivity index (χ0v) is 13.6. The molecule has 22 heavy (non-hydrogen) atoms. The van der Waals surface area contributed by atoms with Gasteiger partial charge in [0.05, 0.1) is 0 Å². The Bertz CT molecular complexity index is 743. The van der Waals surface area contributed by atoms with Gasteiger partial charge in [0.1, 0.15) is 11.3 Å². The maximum Gasteiger partial charge on any atom is 0.336 e. The number of rotatable bonds is 6. The lowest BCUT2D eigenvalue weighted by Crippen LogP contribution is -2.21. The second-order valence-corrected chi connectivity index (χ2v) is 5.63. The Kier molecular flexibility index (Phi) is 5.01. The lowest BCUT2D eigenvalue weighted by molar-refractivity contribution is -0.122. The van der Waals surface area contributed by atoms with Gasteiger partial charge < -0.3 is 9.15 Å². The fourth-order valence-electron chi connectivity index (χ4n) is 2.38. The summed E-state index contributed by atoms with van der Waals surface area (Å²) in [6, 6.07) is 5.31. The summed E-state index contributed by atoms with van der Waals surface area (Å²) in [4.78, 5) is 23.2. The first-order valence-electron chi connectivity index (χ1n) is 7.67. The van der Waals surface area contributed by atoms with Crippen molar-refractivity contribution in [2.75, 3.05) is 0 Å². The molecule has 1 heterocycles. The van der Waals surface area contributed by atoms with Gasteiger partial charge >= 0.3 is 5.63 Å². The Morgan fingerprint density at radius 1 is 1.36 bits per heavy atom. The molecule has 2 aromatic rings. The standard InChI is InChI=1S/C18H22O4/c1-5-6-7-14-10-17(20)22-18-11(2)16(9-8-15(14)18)21-13(4)12(3)19/h8-10,13H,5-7H2,1-4H3/t13-/m0/s1. The Morgan fingerprint density at radius 3 is 2.73 bits per heavy atom. The monoisotopic (exact) mass is 302 g/mol. The van der Waals surface area contributed by atoms with Crippen molar-refractivity contribution in [2.24, 2.45) is 0 Å². The Hall–Kier alpha value is -2.10. The first-order chi connectivity index (χ1) is 10.4. The quantitative estimate of drug-likeness (QED) is 0.762. The van der Waals surface area contributed by atoms with E-state index in [1.165, 1.54) is 6.92 Å². The maximum atomic E-state index is 11.8. The van der Waals surface area contributed by atoms with Gasteiger partial charge in [-0.3, -0.25) is 4.79 Å². The van der Waals surface area contributed by atoms with Crippen molar-refractivity contribution in [3.8, 4) is 5.75 Å². The zero-order chi connectivity index (χ0) is 16.3. The van der Waals surface area contributed by atoms with E-state index in [9.17, 15) is 9.59 Å². The number of aryl methyl sites for hydroxylation is 2. The minimum Gasteiger partial charge on any atom is -0.483 e. The molecule has 4 heteroatoms. The van der Waals surface area contributed by atoms with Crippen LogP contribution in [0.5, 0.6) is 5.75 Å². The van der Waals surface area contributed by atoms with E-state index >= 15 is 0 Å². The first kappa shape index (κ1) is 16.3. The molecule has 118 valence electrons. The SMILES string of the molecule is CCCCc1cc(=O)oc2c(C)c(O[C@@H](C)C(C)=O)ccc12. The van der Waals surface area contributed by atoms with Gasteiger partial charge in [-0.15, -0.1) is 0 Å². The van der Waals surface area contributed by atoms with E-state index in [1.807, 2.05) is 19.1 Å². The van der Waals surface area contributed by atoms with Gasteiger partial charge in [-0.05, 0) is 51.3 Å². The molecule has 0 radical (unpaired) electrons. The second kappa shape index (κ2) is 6.77. The molecule has 1 aromatic carbocycles. The van der Waals surface area contributed by atoms with Crippen LogP contribution in [0, 0.1) is 6.92 Å². The van der Waals surface area contributed by atoms with Crippen molar-refractivity contribution in [3.05, 3.63) is 39.7 Å². The topological polar surface area (TPSA) is 56.5 Å². The van der Waals surface area contributed by atoms with Crippen LogP contribution >= 0.6 is 0 Å². The van der Waals surface area contributed by atoms with Crippen LogP contribution in [-0.4, -0.2) is 11.9 Å². The van der Waals surface area contributed by atoms with Crippen molar-refractivity contribution >= 4 is 16.8 Å². The van der Waals surface area contributed by atoms with E-state index in [2.05, 4.69) is 6.92 Å². The van der Waals surface area contributed by atoms with E-state index in [0.717, 1.165) is 35.8 Å². The van der Waals surface area contributed by atoms with Gasteiger partial charge in [0.2, 0.25) is 0 Å². The van der Waals surface area contributed by atoms with Gasteiger partial charge in [-0.25, -0.2) is 4.79 Å². The fraction of sp³-hybridized carbons (Fsp3) is 0.444. The number of hydrogen-bond acceptors (Lipinski definition) is 4. The normalized spacial score (nSPS) is 12.4. The minimum atomic E-state index is -0.522. The summed E-state index contributed by atoms with van der Waals surface area (Å²) in [7, 11) is 0. The molecule has 4 nitrogen and oxygen atoms in total. The molecule has 0 saturated heterocycles. The Balaban J connectivity index is 2.51. The maximum absolute atomic E-state index is 11.8. The third-order valence-corrected chi connectivity index (χ3v) is 3.87. The largest absolute Gasteiger partial charge is 0.483 e. The summed E-state index contributed by atoms with van der Waals surface area (Å²) in [5, 5.41) is 0.938. The summed E-state index contributed by atoms with van der Waals surface area (Å²) in [6.45, 7) is 7.16. The molecule has 0 aliphatic carbocycles. The van der Waals surface area contributed by atoms with Gasteiger partial charge in [-0.2, -0.15) is 0 Å². The van der Waals surface area contributed by atoms with Gasteiger partial charge in [-0.1, -0.05) is 13.3 Å². The number of carbonyl (C=O) groups is 1. The van der Waals surface area contributed by atoms with Crippen LogP contribution in [0.25, 0.3) is 11.0 Å². The molecule has 0 spiro atoms. The number of ether oxygens (including phenoxy) is 1. The fourth-order valence-corrected chi connectivity index (χ4v) is 2.38. The summed E-state index contributed by atoms with van der Waals surface area (Å²) in [6.07, 6.45) is 2.42. The summed E-state index contributed by atoms with van der Waals surface area (Å²) in [5.74, 6) is 0.531. The highest BCUT2D eigenvalue weighted by atomic mass is 16.5. The second-order valence-electron chi connectivity index (χ2n) is 5.63. The number of carbonyl (C=O) groups excluding carboxylic acids is 1. The van der Waals surface area contributed by atoms with Gasteiger partial charge in [0.25, 0.3) is 0 Å². The molecule has 0 fully saturated rings. The van der Waals surface area contributed by atoms with Crippen molar-refractivity contribution in [2.45, 2.75) is 53.1 Å². The molecule has 0 bridgehead atoms. The smallest absolute Gasteiger partial charge is 0.336 e. The molecular formula is C18H22O4. The minimum absolute atomic E-state index is 0.0438. The van der Waals surface area contributed by atoms with Crippen LogP contribution in [0.4, 0.5) is 0 Å². The predicted molar refractivity (Wildman–Crippen MR) is 86.6 cm³/mol. The molecular weight excluding hydrogens is 280 g/mol. The highest BCUT2D eigenvalue weighted by Gasteiger charge is 2.15. The van der Waals surface area contributed by atoms with E-state index in [1.54, 1.807) is 13.0 Å². The van der Waals surface area contributed by atoms with Crippen LogP contribution in [0.15, 0.2) is 27.4 Å². The molecule has 0 N–H and O–H groups in total. The van der Waals surface area contributed by atoms with E-state index in [0.29, 0.717) is 11.3 Å². The predicted octanol–water partition coefficient (Wildman–Crippen LogP) is 3.80. The average Bonchev–Trinajstić information content (AvgIpc) is 2.47. The first-order valence-corrected chi connectivity index (χ1v) is 7.67. The number of fused-ring (bicyclic) bond motifs is 1. The number of hydrogen-bond donors (Lipinski definition) is 0. The van der Waals surface area contributed by atoms with Gasteiger partial charge in [0, 0.05) is 17.0 Å². The molecule has 0 aliphatic rings. The van der Waals surface area contributed by atoms with Crippen molar-refractivity contribution in [1.29, 1.82) is 0 Å². The molecule has 0 saturated carbocycles. The van der Waals surface area contributed by atoms with E-state index in [4.69, 9.17) is 9.15 Å².